The molecule has 76 valence electrons. The first-order valence-corrected chi connectivity index (χ1v) is 4.07. The maximum atomic E-state index is 11.9. The molecule has 1 rings (SSSR count). The van der Waals surface area contributed by atoms with E-state index in [0.29, 0.717) is 5.56 Å². The Labute approximate surface area is 80.5 Å². The van der Waals surface area contributed by atoms with Gasteiger partial charge in [0.1, 0.15) is 5.75 Å². The highest BCUT2D eigenvalue weighted by Gasteiger charge is 2.32. The van der Waals surface area contributed by atoms with Crippen molar-refractivity contribution < 1.29 is 17.9 Å². The van der Waals surface area contributed by atoms with Gasteiger partial charge in [0.2, 0.25) is 0 Å². The van der Waals surface area contributed by atoms with Crippen molar-refractivity contribution in [2.45, 2.75) is 26.1 Å². The average molecular weight is 202 g/mol. The van der Waals surface area contributed by atoms with E-state index in [9.17, 15) is 13.2 Å². The third-order valence-corrected chi connectivity index (χ3v) is 1.65. The number of hydrogen-bond donors (Lipinski definition) is 0. The van der Waals surface area contributed by atoms with E-state index in [1.165, 1.54) is 6.07 Å². The molecule has 0 radical (unpaired) electrons. The Morgan fingerprint density at radius 3 is 2.29 bits per heavy atom. The maximum absolute atomic E-state index is 11.9. The maximum Gasteiger partial charge on any atom is 0.573 e. The van der Waals surface area contributed by atoms with Crippen molar-refractivity contribution in [3.8, 4) is 5.75 Å². The Morgan fingerprint density at radius 1 is 1.21 bits per heavy atom. The van der Waals surface area contributed by atoms with Gasteiger partial charge in [0, 0.05) is 11.6 Å². The Balaban J connectivity index is 2.96. The summed E-state index contributed by atoms with van der Waals surface area (Å²) < 4.78 is 39.7. The zero-order valence-corrected chi connectivity index (χ0v) is 7.77. The third kappa shape index (κ3) is 2.84. The summed E-state index contributed by atoms with van der Waals surface area (Å²) in [7, 11) is 0. The molecule has 0 aromatic heterocycles. The van der Waals surface area contributed by atoms with Crippen molar-refractivity contribution in [2.24, 2.45) is 0 Å². The predicted molar refractivity (Wildman–Crippen MR) is 44.9 cm³/mol. The van der Waals surface area contributed by atoms with Crippen LogP contribution in [0.3, 0.4) is 0 Å². The van der Waals surface area contributed by atoms with E-state index < -0.39 is 6.36 Å². The highest BCUT2D eigenvalue weighted by Crippen LogP contribution is 2.29. The van der Waals surface area contributed by atoms with E-state index in [0.717, 1.165) is 6.07 Å². The molecule has 0 heterocycles. The summed E-state index contributed by atoms with van der Waals surface area (Å²) in [6.07, 6.45) is -4.65. The molecule has 0 fully saturated rings. The van der Waals surface area contributed by atoms with E-state index in [-0.39, 0.29) is 11.7 Å². The van der Waals surface area contributed by atoms with Gasteiger partial charge in [0.15, 0.2) is 0 Å². The number of halogens is 3. The van der Waals surface area contributed by atoms with E-state index in [4.69, 9.17) is 0 Å². The Bertz CT molecular complexity index is 304. The number of hydrogen-bond acceptors (Lipinski definition) is 1. The normalized spacial score (nSPS) is 11.3. The molecule has 0 amide bonds. The highest BCUT2D eigenvalue weighted by molar-refractivity contribution is 5.33. The van der Waals surface area contributed by atoms with Gasteiger partial charge >= 0.3 is 6.36 Å². The van der Waals surface area contributed by atoms with E-state index in [2.05, 4.69) is 16.9 Å². The molecule has 0 atom stereocenters. The summed E-state index contributed by atoms with van der Waals surface area (Å²) in [5, 5.41) is 0. The van der Waals surface area contributed by atoms with Gasteiger partial charge in [-0.1, -0.05) is 26.0 Å². The largest absolute Gasteiger partial charge is 0.573 e. The summed E-state index contributed by atoms with van der Waals surface area (Å²) in [5.41, 5.74) is 0.473. The van der Waals surface area contributed by atoms with E-state index >= 15 is 0 Å². The molecular weight excluding hydrogens is 193 g/mol. The summed E-state index contributed by atoms with van der Waals surface area (Å²) >= 11 is 0. The monoisotopic (exact) mass is 202 g/mol. The van der Waals surface area contributed by atoms with Crippen molar-refractivity contribution in [2.75, 3.05) is 0 Å². The summed E-state index contributed by atoms with van der Waals surface area (Å²) in [6, 6.07) is 7.62. The lowest BCUT2D eigenvalue weighted by Crippen LogP contribution is -2.18. The molecule has 0 aliphatic rings. The minimum atomic E-state index is -4.65. The molecule has 1 nitrogen and oxygen atoms in total. The molecule has 0 spiro atoms. The molecule has 0 aliphatic carbocycles. The topological polar surface area (TPSA) is 9.23 Å². The van der Waals surface area contributed by atoms with Gasteiger partial charge < -0.3 is 4.74 Å². The number of rotatable bonds is 2. The lowest BCUT2D eigenvalue weighted by atomic mass is 10.0. The molecular formula is C10H9F3O. The molecule has 14 heavy (non-hydrogen) atoms. The SMILES string of the molecule is CC(C)c1cc#ccc1OC(F)(F)F. The van der Waals surface area contributed by atoms with Gasteiger partial charge in [-0.3, -0.25) is 0 Å². The van der Waals surface area contributed by atoms with Gasteiger partial charge in [-0.05, 0) is 12.0 Å². The van der Waals surface area contributed by atoms with Crippen LogP contribution in [0.2, 0.25) is 0 Å². The molecule has 0 N–H and O–H groups in total. The fourth-order valence-electron chi connectivity index (χ4n) is 1.05. The van der Waals surface area contributed by atoms with Crippen molar-refractivity contribution in [1.82, 2.24) is 0 Å². The van der Waals surface area contributed by atoms with Gasteiger partial charge in [0.25, 0.3) is 0 Å². The van der Waals surface area contributed by atoms with Crippen LogP contribution in [0.5, 0.6) is 5.75 Å². The van der Waals surface area contributed by atoms with Crippen LogP contribution in [0.15, 0.2) is 12.1 Å². The number of alkyl halides is 3. The lowest BCUT2D eigenvalue weighted by molar-refractivity contribution is -0.274. The average Bonchev–Trinajstić information content (AvgIpc) is 2.01. The molecule has 0 saturated heterocycles. The highest BCUT2D eigenvalue weighted by atomic mass is 19.4. The molecule has 0 unspecified atom stereocenters. The molecule has 1 aromatic rings. The van der Waals surface area contributed by atoms with Crippen LogP contribution in [0.4, 0.5) is 13.2 Å². The van der Waals surface area contributed by atoms with Crippen LogP contribution < -0.4 is 4.74 Å². The van der Waals surface area contributed by atoms with Crippen molar-refractivity contribution in [1.29, 1.82) is 0 Å². The first-order chi connectivity index (χ1) is 6.40. The van der Waals surface area contributed by atoms with Crippen LogP contribution in [0.1, 0.15) is 25.3 Å². The Hall–Kier alpha value is -1.37. The van der Waals surface area contributed by atoms with E-state index in [1.807, 2.05) is 0 Å². The van der Waals surface area contributed by atoms with Crippen molar-refractivity contribution in [3.63, 3.8) is 0 Å². The zero-order chi connectivity index (χ0) is 10.8. The molecule has 0 saturated carbocycles. The lowest BCUT2D eigenvalue weighted by Gasteiger charge is -2.13. The first kappa shape index (κ1) is 10.7. The second-order valence-corrected chi connectivity index (χ2v) is 3.10. The van der Waals surface area contributed by atoms with Gasteiger partial charge in [-0.15, -0.1) is 13.2 Å². The fraction of sp³-hybridized carbons (Fsp3) is 0.400. The molecule has 0 bridgehead atoms. The fourth-order valence-corrected chi connectivity index (χ4v) is 1.05. The summed E-state index contributed by atoms with van der Waals surface area (Å²) in [6.45, 7) is 3.57. The van der Waals surface area contributed by atoms with Crippen LogP contribution in [-0.4, -0.2) is 6.36 Å². The molecule has 1 aromatic carbocycles. The van der Waals surface area contributed by atoms with Gasteiger partial charge in [-0.25, -0.2) is 0 Å². The van der Waals surface area contributed by atoms with Crippen LogP contribution in [-0.2, 0) is 0 Å². The number of ether oxygens (including phenoxy) is 1. The van der Waals surface area contributed by atoms with Crippen LogP contribution >= 0.6 is 0 Å². The third-order valence-electron chi connectivity index (χ3n) is 1.65. The predicted octanol–water partition coefficient (Wildman–Crippen LogP) is 3.31. The second-order valence-electron chi connectivity index (χ2n) is 3.10. The quantitative estimate of drug-likeness (QED) is 0.714. The van der Waals surface area contributed by atoms with Gasteiger partial charge in [-0.2, -0.15) is 0 Å². The minimum Gasteiger partial charge on any atom is -0.405 e. The molecule has 0 aliphatic heterocycles. The standard InChI is InChI=1S/C10H9F3O/c1-7(2)8-5-3-4-6-9(8)14-10(11,12)13/h5-7H,1-2H3. The summed E-state index contributed by atoms with van der Waals surface area (Å²) in [5.74, 6) is -0.246. The first-order valence-electron chi connectivity index (χ1n) is 4.07. The Morgan fingerprint density at radius 2 is 1.79 bits per heavy atom. The molecule has 4 heteroatoms. The Kier molecular flexibility index (Phi) is 2.90. The summed E-state index contributed by atoms with van der Waals surface area (Å²) in [4.78, 5) is 0. The second kappa shape index (κ2) is 3.79. The van der Waals surface area contributed by atoms with Crippen molar-refractivity contribution >= 4 is 0 Å². The van der Waals surface area contributed by atoms with Crippen LogP contribution in [0, 0.1) is 12.1 Å². The van der Waals surface area contributed by atoms with Crippen molar-refractivity contribution in [3.05, 3.63) is 29.8 Å². The van der Waals surface area contributed by atoms with Gasteiger partial charge in [0.05, 0.1) is 0 Å². The van der Waals surface area contributed by atoms with E-state index in [1.54, 1.807) is 13.8 Å². The smallest absolute Gasteiger partial charge is 0.405 e. The zero-order valence-electron chi connectivity index (χ0n) is 7.77. The minimum absolute atomic E-state index is 0.0433. The van der Waals surface area contributed by atoms with Crippen LogP contribution in [0.25, 0.3) is 0 Å².